The molecule has 4 rings (SSSR count). The zero-order valence-electron chi connectivity index (χ0n) is 14.6. The zero-order chi connectivity index (χ0) is 18.1. The summed E-state index contributed by atoms with van der Waals surface area (Å²) in [4.78, 5) is 16.9. The summed E-state index contributed by atoms with van der Waals surface area (Å²) >= 11 is 0. The van der Waals surface area contributed by atoms with Crippen molar-refractivity contribution in [1.82, 2.24) is 25.0 Å². The number of nitrogens with one attached hydrogen (secondary N) is 2. The topological polar surface area (TPSA) is 97.7 Å². The standard InChI is InChI=1S/C18H20N6O2/c1-11(18(25)20-15-8-14(22-23-15)12-6-7-12)13-9-19-24(10-13)16-4-3-5-17(21-16)26-2/h3-5,8-12H,6-7H2,1-2H3,(H2,20,22,23,25)/t11-/m0/s1. The molecule has 0 spiro atoms. The van der Waals surface area contributed by atoms with E-state index in [1.807, 2.05) is 25.1 Å². The number of aromatic nitrogens is 5. The molecule has 1 aliphatic rings. The van der Waals surface area contributed by atoms with Gasteiger partial charge in [-0.2, -0.15) is 15.2 Å². The summed E-state index contributed by atoms with van der Waals surface area (Å²) in [6, 6.07) is 7.34. The van der Waals surface area contributed by atoms with Gasteiger partial charge < -0.3 is 10.1 Å². The Kier molecular flexibility index (Phi) is 4.16. The summed E-state index contributed by atoms with van der Waals surface area (Å²) in [5.41, 5.74) is 1.88. The smallest absolute Gasteiger partial charge is 0.232 e. The number of H-pyrrole nitrogens is 1. The fourth-order valence-corrected chi connectivity index (χ4v) is 2.72. The Hall–Kier alpha value is -3.16. The second-order valence-corrected chi connectivity index (χ2v) is 6.45. The first-order valence-electron chi connectivity index (χ1n) is 8.56. The number of pyridine rings is 1. The van der Waals surface area contributed by atoms with Crippen LogP contribution in [0, 0.1) is 0 Å². The van der Waals surface area contributed by atoms with Crippen LogP contribution in [0.2, 0.25) is 0 Å². The van der Waals surface area contributed by atoms with Crippen molar-refractivity contribution in [2.75, 3.05) is 12.4 Å². The van der Waals surface area contributed by atoms with E-state index in [4.69, 9.17) is 4.74 Å². The summed E-state index contributed by atoms with van der Waals surface area (Å²) in [5, 5.41) is 14.3. The van der Waals surface area contributed by atoms with Gasteiger partial charge in [0.2, 0.25) is 11.8 Å². The quantitative estimate of drug-likeness (QED) is 0.711. The van der Waals surface area contributed by atoms with Gasteiger partial charge in [0.15, 0.2) is 11.6 Å². The first-order chi connectivity index (χ1) is 12.6. The van der Waals surface area contributed by atoms with Crippen molar-refractivity contribution in [3.05, 3.63) is 47.9 Å². The van der Waals surface area contributed by atoms with Crippen LogP contribution in [0.25, 0.3) is 5.82 Å². The van der Waals surface area contributed by atoms with Crippen molar-refractivity contribution in [3.63, 3.8) is 0 Å². The molecule has 3 heterocycles. The molecule has 1 atom stereocenters. The Morgan fingerprint density at radius 3 is 3.04 bits per heavy atom. The molecule has 3 aromatic rings. The summed E-state index contributed by atoms with van der Waals surface area (Å²) in [7, 11) is 1.57. The molecule has 8 nitrogen and oxygen atoms in total. The van der Waals surface area contributed by atoms with Crippen LogP contribution in [0.15, 0.2) is 36.7 Å². The van der Waals surface area contributed by atoms with Crippen molar-refractivity contribution >= 4 is 11.7 Å². The van der Waals surface area contributed by atoms with Gasteiger partial charge in [0.1, 0.15) is 0 Å². The molecule has 0 aromatic carbocycles. The van der Waals surface area contributed by atoms with Crippen molar-refractivity contribution in [2.45, 2.75) is 31.6 Å². The third-order valence-electron chi connectivity index (χ3n) is 4.51. The number of hydrogen-bond acceptors (Lipinski definition) is 5. The number of carbonyl (C=O) groups is 1. The van der Waals surface area contributed by atoms with Crippen molar-refractivity contribution < 1.29 is 9.53 Å². The van der Waals surface area contributed by atoms with Crippen LogP contribution in [0.4, 0.5) is 5.82 Å². The van der Waals surface area contributed by atoms with Crippen LogP contribution in [0.5, 0.6) is 5.88 Å². The maximum Gasteiger partial charge on any atom is 0.232 e. The SMILES string of the molecule is COc1cccc(-n2cc([C@H](C)C(=O)Nc3cc(C4CC4)[nH]n3)cn2)n1. The Morgan fingerprint density at radius 2 is 2.27 bits per heavy atom. The summed E-state index contributed by atoms with van der Waals surface area (Å²) in [6.45, 7) is 1.84. The number of ether oxygens (including phenoxy) is 1. The lowest BCUT2D eigenvalue weighted by atomic mass is 10.0. The minimum atomic E-state index is -0.365. The average molecular weight is 352 g/mol. The molecule has 134 valence electrons. The van der Waals surface area contributed by atoms with Gasteiger partial charge in [-0.1, -0.05) is 6.07 Å². The minimum absolute atomic E-state index is 0.128. The highest BCUT2D eigenvalue weighted by atomic mass is 16.5. The molecule has 0 aliphatic heterocycles. The Morgan fingerprint density at radius 1 is 1.42 bits per heavy atom. The molecule has 2 N–H and O–H groups in total. The maximum atomic E-state index is 12.5. The van der Waals surface area contributed by atoms with E-state index in [0.29, 0.717) is 23.4 Å². The number of amides is 1. The van der Waals surface area contributed by atoms with Crippen LogP contribution in [-0.2, 0) is 4.79 Å². The van der Waals surface area contributed by atoms with Gasteiger partial charge in [-0.25, -0.2) is 4.68 Å². The van der Waals surface area contributed by atoms with Gasteiger partial charge in [-0.15, -0.1) is 0 Å². The highest BCUT2D eigenvalue weighted by molar-refractivity contribution is 5.94. The Labute approximate surface area is 150 Å². The van der Waals surface area contributed by atoms with Gasteiger partial charge in [-0.3, -0.25) is 9.89 Å². The lowest BCUT2D eigenvalue weighted by molar-refractivity contribution is -0.117. The summed E-state index contributed by atoms with van der Waals surface area (Å²) < 4.78 is 6.76. The van der Waals surface area contributed by atoms with Crippen LogP contribution >= 0.6 is 0 Å². The zero-order valence-corrected chi connectivity index (χ0v) is 14.6. The molecule has 3 aromatic heterocycles. The third kappa shape index (κ3) is 3.30. The van der Waals surface area contributed by atoms with Gasteiger partial charge in [0, 0.05) is 35.5 Å². The number of rotatable bonds is 6. The third-order valence-corrected chi connectivity index (χ3v) is 4.51. The van der Waals surface area contributed by atoms with E-state index in [2.05, 4.69) is 25.6 Å². The molecule has 1 aliphatic carbocycles. The number of carbonyl (C=O) groups excluding carboxylic acids is 1. The molecule has 8 heteroatoms. The molecule has 26 heavy (non-hydrogen) atoms. The second kappa shape index (κ2) is 6.62. The summed E-state index contributed by atoms with van der Waals surface area (Å²) in [5.74, 6) is 1.78. The Balaban J connectivity index is 1.46. The lowest BCUT2D eigenvalue weighted by Crippen LogP contribution is -2.18. The number of methoxy groups -OCH3 is 1. The van der Waals surface area contributed by atoms with E-state index in [0.717, 1.165) is 11.3 Å². The molecule has 0 saturated heterocycles. The van der Waals surface area contributed by atoms with Gasteiger partial charge in [0.05, 0.1) is 19.2 Å². The van der Waals surface area contributed by atoms with E-state index < -0.39 is 0 Å². The van der Waals surface area contributed by atoms with E-state index in [1.54, 1.807) is 30.3 Å². The average Bonchev–Trinajstić information content (AvgIpc) is 3.21. The molecule has 1 fully saturated rings. The summed E-state index contributed by atoms with van der Waals surface area (Å²) in [6.07, 6.45) is 5.84. The number of nitrogens with zero attached hydrogens (tertiary/aromatic N) is 4. The van der Waals surface area contributed by atoms with Crippen molar-refractivity contribution in [1.29, 1.82) is 0 Å². The fraction of sp³-hybridized carbons (Fsp3) is 0.333. The fourth-order valence-electron chi connectivity index (χ4n) is 2.72. The van der Waals surface area contributed by atoms with Crippen LogP contribution in [0.1, 0.15) is 42.9 Å². The van der Waals surface area contributed by atoms with E-state index in [9.17, 15) is 4.79 Å². The van der Waals surface area contributed by atoms with Gasteiger partial charge in [0.25, 0.3) is 0 Å². The highest BCUT2D eigenvalue weighted by Crippen LogP contribution is 2.39. The molecule has 1 saturated carbocycles. The normalized spacial score (nSPS) is 14.8. The van der Waals surface area contributed by atoms with Crippen LogP contribution < -0.4 is 10.1 Å². The van der Waals surface area contributed by atoms with E-state index in [-0.39, 0.29) is 11.8 Å². The second-order valence-electron chi connectivity index (χ2n) is 6.45. The van der Waals surface area contributed by atoms with Crippen LogP contribution in [0.3, 0.4) is 0 Å². The Bertz CT molecular complexity index is 927. The number of aromatic amines is 1. The lowest BCUT2D eigenvalue weighted by Gasteiger charge is -2.08. The molecule has 0 bridgehead atoms. The highest BCUT2D eigenvalue weighted by Gasteiger charge is 2.26. The predicted octanol–water partition coefficient (Wildman–Crippen LogP) is 2.62. The van der Waals surface area contributed by atoms with Gasteiger partial charge >= 0.3 is 0 Å². The van der Waals surface area contributed by atoms with E-state index >= 15 is 0 Å². The molecular formula is C18H20N6O2. The first-order valence-corrected chi connectivity index (χ1v) is 8.56. The number of hydrogen-bond donors (Lipinski definition) is 2. The predicted molar refractivity (Wildman–Crippen MR) is 95.5 cm³/mol. The van der Waals surface area contributed by atoms with E-state index in [1.165, 1.54) is 12.8 Å². The molecule has 0 unspecified atom stereocenters. The monoisotopic (exact) mass is 352 g/mol. The molecule has 0 radical (unpaired) electrons. The van der Waals surface area contributed by atoms with Crippen molar-refractivity contribution in [2.24, 2.45) is 0 Å². The minimum Gasteiger partial charge on any atom is -0.481 e. The molecular weight excluding hydrogens is 332 g/mol. The van der Waals surface area contributed by atoms with Gasteiger partial charge in [-0.05, 0) is 25.8 Å². The molecule has 1 amide bonds. The number of anilines is 1. The largest absolute Gasteiger partial charge is 0.481 e. The van der Waals surface area contributed by atoms with Crippen molar-refractivity contribution in [3.8, 4) is 11.7 Å². The first kappa shape index (κ1) is 16.3. The maximum absolute atomic E-state index is 12.5. The van der Waals surface area contributed by atoms with Crippen LogP contribution in [-0.4, -0.2) is 38.0 Å².